The van der Waals surface area contributed by atoms with Crippen LogP contribution >= 0.6 is 0 Å². The number of amides is 2. The van der Waals surface area contributed by atoms with Gasteiger partial charge in [0.1, 0.15) is 12.4 Å². The van der Waals surface area contributed by atoms with Crippen molar-refractivity contribution in [2.24, 2.45) is 0 Å². The standard InChI is InChI=1S/C41H48N2O6/c1-28(2)43(29(3)4)40(44)31-19-22-38(39(25-31)46-5)48-24-12-6-11-23-47-32-20-17-30(18-21-32)26-42-41(45)49-27-37-35-15-9-7-13-33(35)34-14-8-10-16-36(34)37/h7-10,13-22,25,28-29,37H,6,11-12,23-24,26-27H2,1-5H3,(H,42,45). The molecular weight excluding hydrogens is 616 g/mol. The quantitative estimate of drug-likeness (QED) is 0.121. The van der Waals surface area contributed by atoms with E-state index in [1.54, 1.807) is 19.2 Å². The Labute approximate surface area is 290 Å². The average Bonchev–Trinajstić information content (AvgIpc) is 3.43. The lowest BCUT2D eigenvalue weighted by atomic mass is 9.98. The second kappa shape index (κ2) is 16.9. The third-order valence-electron chi connectivity index (χ3n) is 8.78. The number of rotatable bonds is 16. The van der Waals surface area contributed by atoms with Gasteiger partial charge in [-0.15, -0.1) is 0 Å². The van der Waals surface area contributed by atoms with E-state index >= 15 is 0 Å². The summed E-state index contributed by atoms with van der Waals surface area (Å²) in [5, 5.41) is 2.86. The first kappa shape index (κ1) is 35.3. The molecule has 1 N–H and O–H groups in total. The van der Waals surface area contributed by atoms with Gasteiger partial charge in [-0.3, -0.25) is 4.79 Å². The van der Waals surface area contributed by atoms with Crippen molar-refractivity contribution in [3.8, 4) is 28.4 Å². The topological polar surface area (TPSA) is 86.3 Å². The number of unbranched alkanes of at least 4 members (excludes halogenated alkanes) is 2. The highest BCUT2D eigenvalue weighted by Gasteiger charge is 2.29. The van der Waals surface area contributed by atoms with Crippen LogP contribution in [0, 0.1) is 0 Å². The molecule has 0 bridgehead atoms. The second-order valence-corrected chi connectivity index (χ2v) is 12.8. The fraction of sp³-hybridized carbons (Fsp3) is 0.366. The van der Waals surface area contributed by atoms with Gasteiger partial charge in [-0.2, -0.15) is 0 Å². The number of fused-ring (bicyclic) bond motifs is 3. The molecule has 258 valence electrons. The Balaban J connectivity index is 0.975. The molecule has 0 spiro atoms. The van der Waals surface area contributed by atoms with Crippen LogP contribution < -0.4 is 19.5 Å². The number of nitrogens with zero attached hydrogens (tertiary/aromatic N) is 1. The van der Waals surface area contributed by atoms with E-state index in [0.717, 1.165) is 30.6 Å². The van der Waals surface area contributed by atoms with E-state index in [9.17, 15) is 9.59 Å². The minimum absolute atomic E-state index is 0.0188. The molecule has 0 fully saturated rings. The van der Waals surface area contributed by atoms with Crippen molar-refractivity contribution in [3.05, 3.63) is 113 Å². The van der Waals surface area contributed by atoms with E-state index in [1.165, 1.54) is 22.3 Å². The van der Waals surface area contributed by atoms with Crippen LogP contribution in [0.1, 0.15) is 79.9 Å². The molecule has 1 aliphatic rings. The van der Waals surface area contributed by atoms with Gasteiger partial charge in [0, 0.05) is 30.1 Å². The molecule has 0 atom stereocenters. The molecule has 0 aliphatic heterocycles. The van der Waals surface area contributed by atoms with E-state index in [-0.39, 0.29) is 30.5 Å². The maximum atomic E-state index is 13.1. The first-order valence-electron chi connectivity index (χ1n) is 17.2. The van der Waals surface area contributed by atoms with Crippen molar-refractivity contribution in [2.45, 2.75) is 71.5 Å². The minimum Gasteiger partial charge on any atom is -0.494 e. The highest BCUT2D eigenvalue weighted by molar-refractivity contribution is 5.95. The predicted molar refractivity (Wildman–Crippen MR) is 193 cm³/mol. The molecule has 0 saturated heterocycles. The van der Waals surface area contributed by atoms with Crippen molar-refractivity contribution in [2.75, 3.05) is 26.9 Å². The number of ether oxygens (including phenoxy) is 4. The van der Waals surface area contributed by atoms with Gasteiger partial charge in [0.2, 0.25) is 0 Å². The largest absolute Gasteiger partial charge is 0.494 e. The Morgan fingerprint density at radius 3 is 1.96 bits per heavy atom. The van der Waals surface area contributed by atoms with Gasteiger partial charge in [-0.25, -0.2) is 4.79 Å². The number of carbonyl (C=O) groups excluding carboxylic acids is 2. The van der Waals surface area contributed by atoms with E-state index in [1.807, 2.05) is 87.2 Å². The lowest BCUT2D eigenvalue weighted by molar-refractivity contribution is 0.0643. The number of nitrogens with one attached hydrogen (secondary N) is 1. The smallest absolute Gasteiger partial charge is 0.407 e. The normalized spacial score (nSPS) is 12.0. The van der Waals surface area contributed by atoms with Gasteiger partial charge in [0.25, 0.3) is 5.91 Å². The summed E-state index contributed by atoms with van der Waals surface area (Å²) in [6.07, 6.45) is 2.26. The minimum atomic E-state index is -0.434. The van der Waals surface area contributed by atoms with Crippen LogP contribution in [0.3, 0.4) is 0 Å². The molecule has 1 aliphatic carbocycles. The monoisotopic (exact) mass is 664 g/mol. The summed E-state index contributed by atoms with van der Waals surface area (Å²) < 4.78 is 23.1. The molecule has 0 saturated carbocycles. The van der Waals surface area contributed by atoms with Crippen molar-refractivity contribution in [1.29, 1.82) is 0 Å². The van der Waals surface area contributed by atoms with Crippen LogP contribution in [0.15, 0.2) is 91.0 Å². The summed E-state index contributed by atoms with van der Waals surface area (Å²) >= 11 is 0. The lowest BCUT2D eigenvalue weighted by Crippen LogP contribution is -2.42. The Morgan fingerprint density at radius 2 is 1.35 bits per heavy atom. The Kier molecular flexibility index (Phi) is 12.2. The van der Waals surface area contributed by atoms with Crippen molar-refractivity contribution in [3.63, 3.8) is 0 Å². The summed E-state index contributed by atoms with van der Waals surface area (Å²) in [5.41, 5.74) is 6.34. The van der Waals surface area contributed by atoms with Crippen molar-refractivity contribution >= 4 is 12.0 Å². The Hall–Kier alpha value is -4.98. The predicted octanol–water partition coefficient (Wildman–Crippen LogP) is 8.62. The van der Waals surface area contributed by atoms with Crippen molar-refractivity contribution < 1.29 is 28.5 Å². The number of carbonyl (C=O) groups is 2. The van der Waals surface area contributed by atoms with Gasteiger partial charge >= 0.3 is 6.09 Å². The van der Waals surface area contributed by atoms with Gasteiger partial charge in [-0.05, 0) is 105 Å². The van der Waals surface area contributed by atoms with Crippen LogP contribution in [0.4, 0.5) is 4.79 Å². The van der Waals surface area contributed by atoms with Crippen molar-refractivity contribution in [1.82, 2.24) is 10.2 Å². The number of hydrogen-bond acceptors (Lipinski definition) is 6. The van der Waals surface area contributed by atoms with Gasteiger partial charge in [0.05, 0.1) is 20.3 Å². The summed E-state index contributed by atoms with van der Waals surface area (Å²) in [5.74, 6) is 1.98. The molecule has 8 nitrogen and oxygen atoms in total. The molecule has 0 unspecified atom stereocenters. The summed E-state index contributed by atoms with van der Waals surface area (Å²) in [6.45, 7) is 9.87. The van der Waals surface area contributed by atoms with E-state index < -0.39 is 6.09 Å². The van der Waals surface area contributed by atoms with E-state index in [4.69, 9.17) is 18.9 Å². The third kappa shape index (κ3) is 8.93. The summed E-state index contributed by atoms with van der Waals surface area (Å²) in [7, 11) is 1.59. The van der Waals surface area contributed by atoms with Crippen LogP contribution in [-0.2, 0) is 11.3 Å². The van der Waals surface area contributed by atoms with E-state index in [0.29, 0.717) is 36.8 Å². The molecule has 0 radical (unpaired) electrons. The number of hydrogen-bond donors (Lipinski definition) is 1. The summed E-state index contributed by atoms with van der Waals surface area (Å²) in [4.78, 5) is 27.5. The molecule has 8 heteroatoms. The molecule has 2 amide bonds. The van der Waals surface area contributed by atoms with E-state index in [2.05, 4.69) is 29.6 Å². The first-order valence-corrected chi connectivity index (χ1v) is 17.2. The Bertz CT molecular complexity index is 1650. The van der Waals surface area contributed by atoms with Crippen LogP contribution in [0.2, 0.25) is 0 Å². The molecule has 4 aromatic carbocycles. The zero-order valence-electron chi connectivity index (χ0n) is 29.2. The first-order chi connectivity index (χ1) is 23.8. The van der Waals surface area contributed by atoms with Crippen LogP contribution in [-0.4, -0.2) is 55.9 Å². The number of benzene rings is 4. The average molecular weight is 665 g/mol. The fourth-order valence-electron chi connectivity index (χ4n) is 6.41. The summed E-state index contributed by atoms with van der Waals surface area (Å²) in [6, 6.07) is 29.9. The molecule has 0 heterocycles. The molecule has 49 heavy (non-hydrogen) atoms. The second-order valence-electron chi connectivity index (χ2n) is 12.8. The molecule has 5 rings (SSSR count). The lowest BCUT2D eigenvalue weighted by Gasteiger charge is -2.31. The molecular formula is C41H48N2O6. The Morgan fingerprint density at radius 1 is 0.735 bits per heavy atom. The maximum absolute atomic E-state index is 13.1. The zero-order valence-corrected chi connectivity index (χ0v) is 29.2. The van der Waals surface area contributed by atoms with Gasteiger partial charge in [0.15, 0.2) is 11.5 Å². The SMILES string of the molecule is COc1cc(C(=O)N(C(C)C)C(C)C)ccc1OCCCCCOc1ccc(CNC(=O)OCC2c3ccccc3-c3ccccc32)cc1. The van der Waals surface area contributed by atoms with Crippen LogP contribution in [0.25, 0.3) is 11.1 Å². The molecule has 4 aromatic rings. The van der Waals surface area contributed by atoms with Gasteiger partial charge in [-0.1, -0.05) is 60.7 Å². The highest BCUT2D eigenvalue weighted by atomic mass is 16.5. The van der Waals surface area contributed by atoms with Gasteiger partial charge < -0.3 is 29.2 Å². The zero-order chi connectivity index (χ0) is 34.8. The molecule has 0 aromatic heterocycles. The maximum Gasteiger partial charge on any atom is 0.407 e. The number of methoxy groups -OCH3 is 1. The number of alkyl carbamates (subject to hydrolysis) is 1. The van der Waals surface area contributed by atoms with Crippen LogP contribution in [0.5, 0.6) is 17.2 Å². The third-order valence-corrected chi connectivity index (χ3v) is 8.78. The highest BCUT2D eigenvalue weighted by Crippen LogP contribution is 2.44. The fourth-order valence-corrected chi connectivity index (χ4v) is 6.41.